The molecule has 0 aliphatic rings. The molecule has 1 heterocycles. The molecule has 5 nitrogen and oxygen atoms in total. The molecule has 0 radical (unpaired) electrons. The molecule has 3 rings (SSSR count). The standard InChI is InChI=1S/C17H16N2O3S2/c1-3-12-19-15-6-4-5-7-16(15)23-17(19)18-24(20,21)14-10-8-13(22-2)9-11-14/h3-11H,1,12H2,2H3. The van der Waals surface area contributed by atoms with Gasteiger partial charge in [-0.2, -0.15) is 8.42 Å². The molecule has 3 aromatic rings. The molecule has 2 aromatic carbocycles. The van der Waals surface area contributed by atoms with Gasteiger partial charge in [0, 0.05) is 6.54 Å². The van der Waals surface area contributed by atoms with Gasteiger partial charge in [0.05, 0.1) is 22.2 Å². The zero-order chi connectivity index (χ0) is 17.2. The molecule has 0 saturated heterocycles. The Morgan fingerprint density at radius 3 is 2.58 bits per heavy atom. The van der Waals surface area contributed by atoms with Gasteiger partial charge in [0.2, 0.25) is 4.80 Å². The van der Waals surface area contributed by atoms with Crippen molar-refractivity contribution in [2.75, 3.05) is 7.11 Å². The van der Waals surface area contributed by atoms with Gasteiger partial charge >= 0.3 is 0 Å². The van der Waals surface area contributed by atoms with Crippen LogP contribution in [0.4, 0.5) is 0 Å². The maximum atomic E-state index is 12.6. The fraction of sp³-hybridized carbons (Fsp3) is 0.118. The zero-order valence-electron chi connectivity index (χ0n) is 13.0. The lowest BCUT2D eigenvalue weighted by atomic mass is 10.3. The molecule has 7 heteroatoms. The normalized spacial score (nSPS) is 12.5. The number of aromatic nitrogens is 1. The Morgan fingerprint density at radius 2 is 1.92 bits per heavy atom. The highest BCUT2D eigenvalue weighted by Crippen LogP contribution is 2.19. The van der Waals surface area contributed by atoms with Gasteiger partial charge in [0.1, 0.15) is 5.75 Å². The first-order chi connectivity index (χ1) is 11.5. The van der Waals surface area contributed by atoms with Gasteiger partial charge in [0.25, 0.3) is 10.0 Å². The van der Waals surface area contributed by atoms with E-state index in [1.54, 1.807) is 18.2 Å². The van der Waals surface area contributed by atoms with Crippen LogP contribution in [0.1, 0.15) is 0 Å². The van der Waals surface area contributed by atoms with Gasteiger partial charge in [-0.15, -0.1) is 11.0 Å². The topological polar surface area (TPSA) is 60.7 Å². The molecule has 0 aliphatic heterocycles. The molecular formula is C17H16N2O3S2. The van der Waals surface area contributed by atoms with Crippen molar-refractivity contribution in [3.8, 4) is 5.75 Å². The molecule has 0 fully saturated rings. The summed E-state index contributed by atoms with van der Waals surface area (Å²) in [4.78, 5) is 0.554. The van der Waals surface area contributed by atoms with Crippen molar-refractivity contribution in [3.63, 3.8) is 0 Å². The number of methoxy groups -OCH3 is 1. The van der Waals surface area contributed by atoms with Crippen LogP contribution in [0.25, 0.3) is 10.2 Å². The first-order valence-corrected chi connectivity index (χ1v) is 9.45. The van der Waals surface area contributed by atoms with E-state index in [4.69, 9.17) is 4.74 Å². The van der Waals surface area contributed by atoms with Crippen LogP contribution in [0, 0.1) is 0 Å². The van der Waals surface area contributed by atoms with Crippen LogP contribution in [0.5, 0.6) is 5.75 Å². The summed E-state index contributed by atoms with van der Waals surface area (Å²) in [5.41, 5.74) is 0.936. The predicted octanol–water partition coefficient (Wildman–Crippen LogP) is 3.19. The summed E-state index contributed by atoms with van der Waals surface area (Å²) in [5, 5.41) is 0. The molecule has 0 aliphatic carbocycles. The first-order valence-electron chi connectivity index (χ1n) is 7.19. The average molecular weight is 360 g/mol. The Kier molecular flexibility index (Phi) is 4.55. The van der Waals surface area contributed by atoms with Crippen LogP contribution in [0.2, 0.25) is 0 Å². The highest BCUT2D eigenvalue weighted by molar-refractivity contribution is 7.90. The van der Waals surface area contributed by atoms with E-state index in [9.17, 15) is 8.42 Å². The summed E-state index contributed by atoms with van der Waals surface area (Å²) < 4.78 is 37.1. The highest BCUT2D eigenvalue weighted by Gasteiger charge is 2.14. The number of hydrogen-bond donors (Lipinski definition) is 0. The van der Waals surface area contributed by atoms with Crippen molar-refractivity contribution in [3.05, 3.63) is 66.0 Å². The number of benzene rings is 2. The molecule has 0 N–H and O–H groups in total. The summed E-state index contributed by atoms with van der Waals surface area (Å²) in [6.07, 6.45) is 1.72. The molecule has 0 atom stereocenters. The lowest BCUT2D eigenvalue weighted by Gasteiger charge is -2.02. The largest absolute Gasteiger partial charge is 0.497 e. The summed E-state index contributed by atoms with van der Waals surface area (Å²) in [6.45, 7) is 4.22. The molecule has 24 heavy (non-hydrogen) atoms. The molecule has 0 bridgehead atoms. The van der Waals surface area contributed by atoms with Gasteiger partial charge in [0.15, 0.2) is 0 Å². The van der Waals surface area contributed by atoms with Crippen molar-refractivity contribution in [1.29, 1.82) is 0 Å². The summed E-state index contributed by atoms with van der Waals surface area (Å²) in [7, 11) is -2.27. The molecule has 124 valence electrons. The Hall–Kier alpha value is -2.38. The number of sulfonamides is 1. The van der Waals surface area contributed by atoms with Crippen molar-refractivity contribution in [1.82, 2.24) is 4.57 Å². The average Bonchev–Trinajstić information content (AvgIpc) is 2.92. The summed E-state index contributed by atoms with van der Waals surface area (Å²) in [6, 6.07) is 13.9. The Morgan fingerprint density at radius 1 is 1.21 bits per heavy atom. The lowest BCUT2D eigenvalue weighted by Crippen LogP contribution is -2.16. The maximum absolute atomic E-state index is 12.6. The molecule has 0 saturated carbocycles. The highest BCUT2D eigenvalue weighted by atomic mass is 32.2. The second-order valence-corrected chi connectivity index (χ2v) is 7.61. The number of nitrogens with zero attached hydrogens (tertiary/aromatic N) is 2. The number of allylic oxidation sites excluding steroid dienone is 1. The maximum Gasteiger partial charge on any atom is 0.285 e. The molecule has 1 aromatic heterocycles. The van der Waals surface area contributed by atoms with Crippen LogP contribution in [-0.4, -0.2) is 20.1 Å². The Balaban J connectivity index is 2.17. The van der Waals surface area contributed by atoms with Crippen LogP contribution in [-0.2, 0) is 16.6 Å². The minimum absolute atomic E-state index is 0.130. The van der Waals surface area contributed by atoms with Gasteiger partial charge in [-0.3, -0.25) is 0 Å². The molecular weight excluding hydrogens is 344 g/mol. The first kappa shape index (κ1) is 16.5. The minimum atomic E-state index is -3.80. The number of fused-ring (bicyclic) bond motifs is 1. The Labute approximate surface area is 144 Å². The number of hydrogen-bond acceptors (Lipinski definition) is 4. The Bertz CT molecular complexity index is 1050. The SMILES string of the molecule is C=CCn1c(=NS(=O)(=O)c2ccc(OC)cc2)sc2ccccc21. The van der Waals surface area contributed by atoms with Gasteiger partial charge in [-0.1, -0.05) is 29.5 Å². The third-order valence-electron chi connectivity index (χ3n) is 3.46. The van der Waals surface area contributed by atoms with Crippen LogP contribution >= 0.6 is 11.3 Å². The molecule has 0 unspecified atom stereocenters. The van der Waals surface area contributed by atoms with Crippen LogP contribution < -0.4 is 9.54 Å². The number of thiazole rings is 1. The second-order valence-electron chi connectivity index (χ2n) is 4.99. The fourth-order valence-electron chi connectivity index (χ4n) is 2.30. The van der Waals surface area contributed by atoms with E-state index >= 15 is 0 Å². The predicted molar refractivity (Wildman–Crippen MR) is 95.8 cm³/mol. The number of para-hydroxylation sites is 1. The van der Waals surface area contributed by atoms with Crippen LogP contribution in [0.15, 0.2) is 70.5 Å². The van der Waals surface area contributed by atoms with Crippen molar-refractivity contribution < 1.29 is 13.2 Å². The quantitative estimate of drug-likeness (QED) is 0.657. The van der Waals surface area contributed by atoms with Gasteiger partial charge in [-0.25, -0.2) is 0 Å². The summed E-state index contributed by atoms with van der Waals surface area (Å²) >= 11 is 1.34. The molecule has 0 spiro atoms. The zero-order valence-corrected chi connectivity index (χ0v) is 14.7. The van der Waals surface area contributed by atoms with E-state index in [1.807, 2.05) is 28.8 Å². The smallest absolute Gasteiger partial charge is 0.285 e. The van der Waals surface area contributed by atoms with E-state index in [-0.39, 0.29) is 4.90 Å². The van der Waals surface area contributed by atoms with Gasteiger partial charge in [-0.05, 0) is 36.4 Å². The number of ether oxygens (including phenoxy) is 1. The van der Waals surface area contributed by atoms with E-state index in [0.717, 1.165) is 10.2 Å². The second kappa shape index (κ2) is 6.62. The minimum Gasteiger partial charge on any atom is -0.497 e. The van der Waals surface area contributed by atoms with E-state index in [1.165, 1.54) is 30.6 Å². The van der Waals surface area contributed by atoms with Crippen molar-refractivity contribution in [2.24, 2.45) is 4.40 Å². The number of rotatable bonds is 5. The van der Waals surface area contributed by atoms with E-state index in [2.05, 4.69) is 11.0 Å². The van der Waals surface area contributed by atoms with E-state index in [0.29, 0.717) is 17.1 Å². The van der Waals surface area contributed by atoms with Crippen molar-refractivity contribution >= 4 is 31.6 Å². The molecule has 0 amide bonds. The van der Waals surface area contributed by atoms with Crippen LogP contribution in [0.3, 0.4) is 0 Å². The fourth-order valence-corrected chi connectivity index (χ4v) is 4.54. The monoisotopic (exact) mass is 360 g/mol. The van der Waals surface area contributed by atoms with Crippen molar-refractivity contribution in [2.45, 2.75) is 11.4 Å². The third kappa shape index (κ3) is 3.13. The lowest BCUT2D eigenvalue weighted by molar-refractivity contribution is 0.414. The summed E-state index contributed by atoms with van der Waals surface area (Å²) in [5.74, 6) is 0.595. The van der Waals surface area contributed by atoms with E-state index < -0.39 is 10.0 Å². The van der Waals surface area contributed by atoms with Gasteiger partial charge < -0.3 is 9.30 Å². The third-order valence-corrected chi connectivity index (χ3v) is 5.91.